The van der Waals surface area contributed by atoms with Gasteiger partial charge in [-0.1, -0.05) is 0 Å². The second-order valence-corrected chi connectivity index (χ2v) is 4.13. The zero-order chi connectivity index (χ0) is 13.1. The summed E-state index contributed by atoms with van der Waals surface area (Å²) in [5.74, 6) is 0.240. The first kappa shape index (κ1) is 15.2. The van der Waals surface area contributed by atoms with Gasteiger partial charge in [-0.2, -0.15) is 0 Å². The lowest BCUT2D eigenvalue weighted by Crippen LogP contribution is -2.25. The van der Waals surface area contributed by atoms with E-state index >= 15 is 0 Å². The minimum absolute atomic E-state index is 0. The Morgan fingerprint density at radius 1 is 1.47 bits per heavy atom. The van der Waals surface area contributed by atoms with Gasteiger partial charge in [0.1, 0.15) is 5.75 Å². The number of amides is 1. The van der Waals surface area contributed by atoms with Crippen molar-refractivity contribution >= 4 is 29.4 Å². The van der Waals surface area contributed by atoms with Gasteiger partial charge in [-0.05, 0) is 37.1 Å². The van der Waals surface area contributed by atoms with Crippen LogP contribution in [0.5, 0.6) is 5.75 Å². The maximum Gasteiger partial charge on any atom is 0.406 e. The molecule has 5 nitrogen and oxygen atoms in total. The van der Waals surface area contributed by atoms with Crippen molar-refractivity contribution in [2.75, 3.05) is 13.7 Å². The van der Waals surface area contributed by atoms with E-state index in [0.29, 0.717) is 13.0 Å². The molecule has 1 heterocycles. The third-order valence-electron chi connectivity index (χ3n) is 2.93. The third-order valence-corrected chi connectivity index (χ3v) is 2.93. The minimum atomic E-state index is -0.435. The maximum atomic E-state index is 11.0. The van der Waals surface area contributed by atoms with Crippen molar-refractivity contribution in [3.05, 3.63) is 29.5 Å². The van der Waals surface area contributed by atoms with E-state index in [1.807, 2.05) is 13.0 Å². The minimum Gasteiger partial charge on any atom is -0.508 e. The number of aromatic nitrogens is 1. The number of rotatable bonds is 3. The van der Waals surface area contributed by atoms with Crippen molar-refractivity contribution in [3.8, 4) is 5.75 Å². The molecule has 2 rings (SSSR count). The Labute approximate surface area is 117 Å². The molecule has 0 spiro atoms. The number of ether oxygens (including phenoxy) is 1. The van der Waals surface area contributed by atoms with E-state index in [1.165, 1.54) is 7.11 Å². The number of aromatic amines is 1. The molecule has 6 heteroatoms. The van der Waals surface area contributed by atoms with Gasteiger partial charge in [0, 0.05) is 23.1 Å². The summed E-state index contributed by atoms with van der Waals surface area (Å²) < 4.78 is 4.51. The van der Waals surface area contributed by atoms with Crippen LogP contribution in [-0.4, -0.2) is 29.8 Å². The summed E-state index contributed by atoms with van der Waals surface area (Å²) in [5.41, 5.74) is 3.12. The second kappa shape index (κ2) is 6.33. The van der Waals surface area contributed by atoms with Gasteiger partial charge in [0.05, 0.1) is 7.11 Å². The summed E-state index contributed by atoms with van der Waals surface area (Å²) in [7, 11) is 1.34. The van der Waals surface area contributed by atoms with Crippen LogP contribution >= 0.6 is 12.4 Å². The molecule has 0 radical (unpaired) electrons. The molecular formula is C13H17ClN2O3. The molecule has 0 unspecified atom stereocenters. The number of phenolic OH excluding ortho intramolecular Hbond substituents is 1. The Kier molecular flexibility index (Phi) is 5.06. The van der Waals surface area contributed by atoms with E-state index in [9.17, 15) is 9.90 Å². The number of aryl methyl sites for hydroxylation is 1. The summed E-state index contributed by atoms with van der Waals surface area (Å²) in [6.45, 7) is 2.47. The molecule has 1 amide bonds. The molecule has 2 aromatic rings. The van der Waals surface area contributed by atoms with Crippen molar-refractivity contribution < 1.29 is 14.6 Å². The van der Waals surface area contributed by atoms with E-state index in [-0.39, 0.29) is 18.2 Å². The molecular weight excluding hydrogens is 268 g/mol. The molecule has 0 atom stereocenters. The Hall–Kier alpha value is -1.88. The van der Waals surface area contributed by atoms with Gasteiger partial charge in [-0.15, -0.1) is 12.4 Å². The maximum absolute atomic E-state index is 11.0. The highest BCUT2D eigenvalue weighted by Crippen LogP contribution is 2.25. The number of halogens is 1. The first-order valence-corrected chi connectivity index (χ1v) is 5.74. The highest BCUT2D eigenvalue weighted by atomic mass is 35.5. The second-order valence-electron chi connectivity index (χ2n) is 4.13. The van der Waals surface area contributed by atoms with E-state index in [1.54, 1.807) is 12.1 Å². The van der Waals surface area contributed by atoms with Crippen molar-refractivity contribution in [2.24, 2.45) is 0 Å². The van der Waals surface area contributed by atoms with Crippen LogP contribution in [0.15, 0.2) is 18.2 Å². The van der Waals surface area contributed by atoms with Gasteiger partial charge >= 0.3 is 6.09 Å². The van der Waals surface area contributed by atoms with Crippen molar-refractivity contribution in [1.82, 2.24) is 10.3 Å². The molecule has 19 heavy (non-hydrogen) atoms. The number of hydrogen-bond acceptors (Lipinski definition) is 3. The Balaban J connectivity index is 0.00000180. The molecule has 104 valence electrons. The van der Waals surface area contributed by atoms with Gasteiger partial charge in [-0.25, -0.2) is 4.79 Å². The summed E-state index contributed by atoms with van der Waals surface area (Å²) >= 11 is 0. The van der Waals surface area contributed by atoms with E-state index in [4.69, 9.17) is 0 Å². The molecule has 0 aliphatic carbocycles. The largest absolute Gasteiger partial charge is 0.508 e. The molecule has 0 bridgehead atoms. The molecule has 0 aliphatic rings. The van der Waals surface area contributed by atoms with Crippen LogP contribution in [0.4, 0.5) is 4.79 Å². The topological polar surface area (TPSA) is 74.3 Å². The van der Waals surface area contributed by atoms with Crippen LogP contribution in [0.2, 0.25) is 0 Å². The lowest BCUT2D eigenvalue weighted by atomic mass is 10.1. The fourth-order valence-corrected chi connectivity index (χ4v) is 2.05. The van der Waals surface area contributed by atoms with E-state index < -0.39 is 6.09 Å². The fourth-order valence-electron chi connectivity index (χ4n) is 2.05. The van der Waals surface area contributed by atoms with Crippen LogP contribution in [-0.2, 0) is 11.2 Å². The summed E-state index contributed by atoms with van der Waals surface area (Å²) in [6, 6.07) is 5.22. The van der Waals surface area contributed by atoms with Gasteiger partial charge in [0.25, 0.3) is 0 Å². The standard InChI is InChI=1S/C13H16N2O3.ClH/c1-8-10(5-6-14-13(17)18-2)11-7-9(16)3-4-12(11)15-8;/h3-4,7,15-16H,5-6H2,1-2H3,(H,14,17);1H. The van der Waals surface area contributed by atoms with Crippen molar-refractivity contribution in [2.45, 2.75) is 13.3 Å². The number of alkyl carbamates (subject to hydrolysis) is 1. The van der Waals surface area contributed by atoms with Gasteiger partial charge in [0.15, 0.2) is 0 Å². The van der Waals surface area contributed by atoms with Crippen LogP contribution in [0.25, 0.3) is 10.9 Å². The Bertz CT molecular complexity index is 581. The monoisotopic (exact) mass is 284 g/mol. The fraction of sp³-hybridized carbons (Fsp3) is 0.308. The zero-order valence-electron chi connectivity index (χ0n) is 10.8. The number of hydrogen-bond donors (Lipinski definition) is 3. The number of H-pyrrole nitrogens is 1. The van der Waals surface area contributed by atoms with Crippen LogP contribution < -0.4 is 5.32 Å². The number of phenols is 1. The number of carbonyl (C=O) groups is 1. The smallest absolute Gasteiger partial charge is 0.406 e. The van der Waals surface area contributed by atoms with Crippen molar-refractivity contribution in [3.63, 3.8) is 0 Å². The normalized spacial score (nSPS) is 10.0. The molecule has 3 N–H and O–H groups in total. The highest BCUT2D eigenvalue weighted by Gasteiger charge is 2.09. The quantitative estimate of drug-likeness (QED) is 0.811. The van der Waals surface area contributed by atoms with Gasteiger partial charge < -0.3 is 20.1 Å². The highest BCUT2D eigenvalue weighted by molar-refractivity contribution is 5.86. The van der Waals surface area contributed by atoms with E-state index in [2.05, 4.69) is 15.0 Å². The van der Waals surface area contributed by atoms with Gasteiger partial charge in [0.2, 0.25) is 0 Å². The van der Waals surface area contributed by atoms with E-state index in [0.717, 1.165) is 22.2 Å². The molecule has 0 fully saturated rings. The molecule has 1 aromatic carbocycles. The average Bonchev–Trinajstić information content (AvgIpc) is 2.65. The zero-order valence-corrected chi connectivity index (χ0v) is 11.6. The van der Waals surface area contributed by atoms with Crippen molar-refractivity contribution in [1.29, 1.82) is 0 Å². The van der Waals surface area contributed by atoms with Gasteiger partial charge in [-0.3, -0.25) is 0 Å². The lowest BCUT2D eigenvalue weighted by Gasteiger charge is -2.04. The molecule has 1 aromatic heterocycles. The Morgan fingerprint density at radius 3 is 2.89 bits per heavy atom. The summed E-state index contributed by atoms with van der Waals surface area (Å²) in [4.78, 5) is 14.2. The first-order chi connectivity index (χ1) is 8.61. The number of carbonyl (C=O) groups excluding carboxylic acids is 1. The number of nitrogens with one attached hydrogen (secondary N) is 2. The van der Waals surface area contributed by atoms with Crippen LogP contribution in [0.3, 0.4) is 0 Å². The molecule has 0 saturated heterocycles. The number of fused-ring (bicyclic) bond motifs is 1. The third kappa shape index (κ3) is 3.32. The predicted molar refractivity (Wildman–Crippen MR) is 76.1 cm³/mol. The average molecular weight is 285 g/mol. The summed E-state index contributed by atoms with van der Waals surface area (Å²) in [5, 5.41) is 13.1. The molecule has 0 saturated carbocycles. The number of methoxy groups -OCH3 is 1. The number of aromatic hydroxyl groups is 1. The Morgan fingerprint density at radius 2 is 2.21 bits per heavy atom. The van der Waals surface area contributed by atoms with Crippen LogP contribution in [0.1, 0.15) is 11.3 Å². The van der Waals surface area contributed by atoms with Crippen LogP contribution in [0, 0.1) is 6.92 Å². The first-order valence-electron chi connectivity index (χ1n) is 5.74. The molecule has 0 aliphatic heterocycles. The summed E-state index contributed by atoms with van der Waals surface area (Å²) in [6.07, 6.45) is 0.250. The number of benzene rings is 1. The predicted octanol–water partition coefficient (Wildman–Crippen LogP) is 2.50. The lowest BCUT2D eigenvalue weighted by molar-refractivity contribution is 0.171. The SMILES string of the molecule is COC(=O)NCCc1c(C)[nH]c2ccc(O)cc12.Cl.